The summed E-state index contributed by atoms with van der Waals surface area (Å²) in [5.74, 6) is 0.595. The van der Waals surface area contributed by atoms with Gasteiger partial charge >= 0.3 is 0 Å². The number of nitrogens with zero attached hydrogens (tertiary/aromatic N) is 3. The Bertz CT molecular complexity index is 610. The van der Waals surface area contributed by atoms with E-state index >= 15 is 0 Å². The molecule has 0 spiro atoms. The number of anilines is 1. The molecule has 0 aliphatic carbocycles. The number of rotatable bonds is 5. The van der Waals surface area contributed by atoms with E-state index in [2.05, 4.69) is 11.9 Å². The smallest absolute Gasteiger partial charge is 0.163 e. The summed E-state index contributed by atoms with van der Waals surface area (Å²) >= 11 is 0. The number of nitriles is 3. The van der Waals surface area contributed by atoms with E-state index in [0.29, 0.717) is 18.0 Å². The van der Waals surface area contributed by atoms with Gasteiger partial charge in [0.25, 0.3) is 0 Å². The van der Waals surface area contributed by atoms with Gasteiger partial charge in [-0.15, -0.1) is 0 Å². The number of hydrogen-bond donors (Lipinski definition) is 1. The van der Waals surface area contributed by atoms with Gasteiger partial charge in [0.2, 0.25) is 0 Å². The third kappa shape index (κ3) is 3.93. The average Bonchev–Trinajstić information content (AvgIpc) is 2.45. The van der Waals surface area contributed by atoms with Crippen molar-refractivity contribution >= 4 is 5.69 Å². The highest BCUT2D eigenvalue weighted by atomic mass is 16.5. The van der Waals surface area contributed by atoms with Crippen LogP contribution in [0, 0.1) is 34.0 Å². The van der Waals surface area contributed by atoms with Gasteiger partial charge in [0.15, 0.2) is 5.57 Å². The highest BCUT2D eigenvalue weighted by molar-refractivity contribution is 5.59. The molecule has 19 heavy (non-hydrogen) atoms. The van der Waals surface area contributed by atoms with Crippen LogP contribution in [0.5, 0.6) is 5.75 Å². The maximum Gasteiger partial charge on any atom is 0.163 e. The highest BCUT2D eigenvalue weighted by Gasteiger charge is 2.06. The Morgan fingerprint density at radius 2 is 2.00 bits per heavy atom. The molecule has 0 heterocycles. The molecule has 0 bridgehead atoms. The topological polar surface area (TPSA) is 92.6 Å². The lowest BCUT2D eigenvalue weighted by molar-refractivity contribution is 0.363. The second kappa shape index (κ2) is 7.17. The summed E-state index contributed by atoms with van der Waals surface area (Å²) in [6.45, 7) is 3.91. The lowest BCUT2D eigenvalue weighted by Crippen LogP contribution is -2.01. The molecule has 1 rings (SSSR count). The molecule has 0 aromatic heterocycles. The average molecular weight is 250 g/mol. The van der Waals surface area contributed by atoms with Crippen LogP contribution in [0.2, 0.25) is 0 Å². The number of ether oxygens (including phenoxy) is 1. The van der Waals surface area contributed by atoms with Crippen molar-refractivity contribution in [2.45, 2.75) is 0 Å². The monoisotopic (exact) mass is 250 g/mol. The van der Waals surface area contributed by atoms with Crippen LogP contribution in [0.3, 0.4) is 0 Å². The van der Waals surface area contributed by atoms with E-state index in [4.69, 9.17) is 20.5 Å². The van der Waals surface area contributed by atoms with Crippen molar-refractivity contribution in [1.82, 2.24) is 0 Å². The van der Waals surface area contributed by atoms with Crippen molar-refractivity contribution in [2.75, 3.05) is 11.9 Å². The van der Waals surface area contributed by atoms with Crippen molar-refractivity contribution in [1.29, 1.82) is 15.8 Å². The molecular weight excluding hydrogens is 240 g/mol. The SMILES string of the molecule is C=CCOc1cccc(NC(C#N)=C(C#N)C#N)c1. The first-order chi connectivity index (χ1) is 9.24. The number of hydrogen-bond acceptors (Lipinski definition) is 5. The third-order valence-electron chi connectivity index (χ3n) is 2.06. The standard InChI is InChI=1S/C14H10N4O/c1-2-6-19-13-5-3-4-12(7-13)18-14(10-17)11(8-15)9-16/h2-5,7,18H,1,6H2. The van der Waals surface area contributed by atoms with Gasteiger partial charge in [-0.25, -0.2) is 0 Å². The molecule has 1 aromatic rings. The van der Waals surface area contributed by atoms with Gasteiger partial charge in [0.1, 0.15) is 36.3 Å². The Morgan fingerprint density at radius 3 is 2.58 bits per heavy atom. The van der Waals surface area contributed by atoms with E-state index in [1.54, 1.807) is 48.5 Å². The molecular formula is C14H10N4O. The fourth-order valence-corrected chi connectivity index (χ4v) is 1.25. The summed E-state index contributed by atoms with van der Waals surface area (Å²) in [6.07, 6.45) is 1.62. The van der Waals surface area contributed by atoms with Crippen LogP contribution in [0.25, 0.3) is 0 Å². The normalized spacial score (nSPS) is 8.26. The first-order valence-corrected chi connectivity index (χ1v) is 5.30. The molecule has 1 aromatic carbocycles. The van der Waals surface area contributed by atoms with E-state index in [-0.39, 0.29) is 11.3 Å². The maximum absolute atomic E-state index is 8.91. The molecule has 0 fully saturated rings. The van der Waals surface area contributed by atoms with E-state index in [0.717, 1.165) is 0 Å². The lowest BCUT2D eigenvalue weighted by Gasteiger charge is -2.07. The van der Waals surface area contributed by atoms with E-state index in [1.807, 2.05) is 0 Å². The highest BCUT2D eigenvalue weighted by Crippen LogP contribution is 2.19. The van der Waals surface area contributed by atoms with Crippen molar-refractivity contribution in [3.8, 4) is 24.0 Å². The van der Waals surface area contributed by atoms with Gasteiger partial charge < -0.3 is 10.1 Å². The number of benzene rings is 1. The van der Waals surface area contributed by atoms with Crippen LogP contribution >= 0.6 is 0 Å². The summed E-state index contributed by atoms with van der Waals surface area (Å²) in [5, 5.41) is 29.1. The van der Waals surface area contributed by atoms with Crippen LogP contribution in [0.4, 0.5) is 5.69 Å². The molecule has 5 nitrogen and oxygen atoms in total. The van der Waals surface area contributed by atoms with E-state index in [9.17, 15) is 0 Å². The molecule has 0 saturated heterocycles. The summed E-state index contributed by atoms with van der Waals surface area (Å²) in [7, 11) is 0. The molecule has 5 heteroatoms. The van der Waals surface area contributed by atoms with Gasteiger partial charge in [0, 0.05) is 11.8 Å². The fourth-order valence-electron chi connectivity index (χ4n) is 1.25. The molecule has 0 unspecified atom stereocenters. The second-order valence-corrected chi connectivity index (χ2v) is 3.34. The predicted molar refractivity (Wildman–Crippen MR) is 69.6 cm³/mol. The summed E-state index contributed by atoms with van der Waals surface area (Å²) < 4.78 is 5.34. The van der Waals surface area contributed by atoms with Crippen LogP contribution in [-0.4, -0.2) is 6.61 Å². The minimum Gasteiger partial charge on any atom is -0.489 e. The molecule has 0 aliphatic rings. The summed E-state index contributed by atoms with van der Waals surface area (Å²) in [6, 6.07) is 11.9. The molecule has 0 atom stereocenters. The lowest BCUT2D eigenvalue weighted by atomic mass is 10.2. The number of allylic oxidation sites excluding steroid dienone is 2. The molecule has 92 valence electrons. The quantitative estimate of drug-likeness (QED) is 0.640. The summed E-state index contributed by atoms with van der Waals surface area (Å²) in [4.78, 5) is 0. The van der Waals surface area contributed by atoms with E-state index < -0.39 is 0 Å². The van der Waals surface area contributed by atoms with Gasteiger partial charge in [-0.1, -0.05) is 18.7 Å². The Labute approximate surface area is 111 Å². The fraction of sp³-hybridized carbons (Fsp3) is 0.0714. The molecule has 0 aliphatic heterocycles. The summed E-state index contributed by atoms with van der Waals surface area (Å²) in [5.41, 5.74) is 0.201. The van der Waals surface area contributed by atoms with Crippen molar-refractivity contribution in [2.24, 2.45) is 0 Å². The van der Waals surface area contributed by atoms with Crippen molar-refractivity contribution in [3.05, 3.63) is 48.2 Å². The van der Waals surface area contributed by atoms with Crippen LogP contribution in [0.15, 0.2) is 48.2 Å². The van der Waals surface area contributed by atoms with Crippen LogP contribution in [-0.2, 0) is 0 Å². The largest absolute Gasteiger partial charge is 0.489 e. The Balaban J connectivity index is 2.97. The Hall–Kier alpha value is -3.23. The van der Waals surface area contributed by atoms with Crippen molar-refractivity contribution in [3.63, 3.8) is 0 Å². The zero-order chi connectivity index (χ0) is 14.1. The minimum atomic E-state index is -0.264. The molecule has 1 N–H and O–H groups in total. The zero-order valence-electron chi connectivity index (χ0n) is 10.1. The zero-order valence-corrected chi connectivity index (χ0v) is 10.1. The maximum atomic E-state index is 8.91. The van der Waals surface area contributed by atoms with Gasteiger partial charge in [0.05, 0.1) is 0 Å². The van der Waals surface area contributed by atoms with E-state index in [1.165, 1.54) is 0 Å². The first-order valence-electron chi connectivity index (χ1n) is 5.30. The Morgan fingerprint density at radius 1 is 1.26 bits per heavy atom. The molecule has 0 saturated carbocycles. The van der Waals surface area contributed by atoms with Gasteiger partial charge in [-0.2, -0.15) is 15.8 Å². The number of nitrogens with one attached hydrogen (secondary N) is 1. The van der Waals surface area contributed by atoms with Gasteiger partial charge in [-0.3, -0.25) is 0 Å². The van der Waals surface area contributed by atoms with Gasteiger partial charge in [-0.05, 0) is 12.1 Å². The molecule has 0 radical (unpaired) electrons. The Kier molecular flexibility index (Phi) is 5.22. The molecule has 0 amide bonds. The van der Waals surface area contributed by atoms with Crippen LogP contribution in [0.1, 0.15) is 0 Å². The van der Waals surface area contributed by atoms with Crippen molar-refractivity contribution < 1.29 is 4.74 Å². The second-order valence-electron chi connectivity index (χ2n) is 3.34. The third-order valence-corrected chi connectivity index (χ3v) is 2.06. The predicted octanol–water partition coefficient (Wildman–Crippen LogP) is 2.49. The first kappa shape index (κ1) is 13.8. The van der Waals surface area contributed by atoms with Crippen LogP contribution < -0.4 is 10.1 Å². The minimum absolute atomic E-state index is 0.0918.